The molecule has 20 heavy (non-hydrogen) atoms. The second kappa shape index (κ2) is 6.78. The van der Waals surface area contributed by atoms with Crippen molar-refractivity contribution < 1.29 is 4.79 Å². The van der Waals surface area contributed by atoms with Crippen LogP contribution in [0.3, 0.4) is 0 Å². The van der Waals surface area contributed by atoms with Gasteiger partial charge in [-0.05, 0) is 54.8 Å². The summed E-state index contributed by atoms with van der Waals surface area (Å²) in [6.45, 7) is 1.91. The fourth-order valence-electron chi connectivity index (χ4n) is 1.93. The molecule has 4 heteroatoms. The van der Waals surface area contributed by atoms with Crippen molar-refractivity contribution in [3.8, 4) is 0 Å². The van der Waals surface area contributed by atoms with Gasteiger partial charge in [0.1, 0.15) is 0 Å². The van der Waals surface area contributed by atoms with Crippen LogP contribution in [0.25, 0.3) is 0 Å². The van der Waals surface area contributed by atoms with Gasteiger partial charge in [0.05, 0.1) is 0 Å². The first-order valence-electron chi connectivity index (χ1n) is 6.32. The molecule has 104 valence electrons. The maximum absolute atomic E-state index is 12.1. The number of hydrogen-bond acceptors (Lipinski definition) is 1. The van der Waals surface area contributed by atoms with Crippen LogP contribution in [0.4, 0.5) is 5.69 Å². The van der Waals surface area contributed by atoms with Crippen molar-refractivity contribution in [2.75, 3.05) is 11.2 Å². The quantitative estimate of drug-likeness (QED) is 0.816. The molecule has 2 aromatic rings. The summed E-state index contributed by atoms with van der Waals surface area (Å²) < 4.78 is 0. The first-order valence-corrected chi connectivity index (χ1v) is 7.23. The largest absolute Gasteiger partial charge is 0.322 e. The van der Waals surface area contributed by atoms with Crippen molar-refractivity contribution >= 4 is 34.8 Å². The Morgan fingerprint density at radius 3 is 2.45 bits per heavy atom. The minimum Gasteiger partial charge on any atom is -0.322 e. The minimum atomic E-state index is -0.166. The zero-order chi connectivity index (χ0) is 14.5. The van der Waals surface area contributed by atoms with Gasteiger partial charge in [-0.1, -0.05) is 23.7 Å². The third kappa shape index (κ3) is 3.99. The fourth-order valence-corrected chi connectivity index (χ4v) is 2.44. The van der Waals surface area contributed by atoms with Gasteiger partial charge in [-0.2, -0.15) is 0 Å². The summed E-state index contributed by atoms with van der Waals surface area (Å²) in [4.78, 5) is 12.1. The smallest absolute Gasteiger partial charge is 0.255 e. The number of carbonyl (C=O) groups excluding carboxylic acids is 1. The highest BCUT2D eigenvalue weighted by Gasteiger charge is 2.07. The summed E-state index contributed by atoms with van der Waals surface area (Å²) in [5.41, 5.74) is 3.42. The molecule has 2 aromatic carbocycles. The third-order valence-electron chi connectivity index (χ3n) is 2.90. The van der Waals surface area contributed by atoms with E-state index in [2.05, 4.69) is 5.32 Å². The lowest BCUT2D eigenvalue weighted by molar-refractivity contribution is 0.102. The van der Waals surface area contributed by atoms with Crippen molar-refractivity contribution in [3.05, 3.63) is 64.2 Å². The molecular weight excluding hydrogens is 293 g/mol. The monoisotopic (exact) mass is 307 g/mol. The lowest BCUT2D eigenvalue weighted by atomic mass is 10.1. The summed E-state index contributed by atoms with van der Waals surface area (Å²) in [5, 5.41) is 3.41. The predicted octanol–water partition coefficient (Wildman–Crippen LogP) is 4.68. The number of carbonyl (C=O) groups is 1. The van der Waals surface area contributed by atoms with Crippen LogP contribution in [0.1, 0.15) is 21.5 Å². The zero-order valence-electron chi connectivity index (χ0n) is 11.1. The zero-order valence-corrected chi connectivity index (χ0v) is 12.6. The van der Waals surface area contributed by atoms with Gasteiger partial charge in [-0.25, -0.2) is 0 Å². The Kier molecular flexibility index (Phi) is 5.05. The van der Waals surface area contributed by atoms with E-state index in [1.54, 1.807) is 6.07 Å². The molecule has 0 unspecified atom stereocenters. The Morgan fingerprint density at radius 1 is 1.15 bits per heavy atom. The molecule has 1 N–H and O–H groups in total. The van der Waals surface area contributed by atoms with E-state index in [0.29, 0.717) is 16.5 Å². The van der Waals surface area contributed by atoms with E-state index >= 15 is 0 Å². The summed E-state index contributed by atoms with van der Waals surface area (Å²) in [7, 11) is 0. The highest BCUT2D eigenvalue weighted by molar-refractivity contribution is 6.31. The molecule has 0 saturated heterocycles. The van der Waals surface area contributed by atoms with Crippen LogP contribution >= 0.6 is 23.2 Å². The molecule has 0 aliphatic rings. The maximum Gasteiger partial charge on any atom is 0.255 e. The molecule has 0 fully saturated rings. The van der Waals surface area contributed by atoms with E-state index < -0.39 is 0 Å². The highest BCUT2D eigenvalue weighted by Crippen LogP contribution is 2.17. The van der Waals surface area contributed by atoms with E-state index in [0.717, 1.165) is 23.2 Å². The van der Waals surface area contributed by atoms with Crippen molar-refractivity contribution in [1.29, 1.82) is 0 Å². The molecule has 0 aromatic heterocycles. The van der Waals surface area contributed by atoms with E-state index in [9.17, 15) is 4.79 Å². The Morgan fingerprint density at radius 2 is 1.85 bits per heavy atom. The minimum absolute atomic E-state index is 0.166. The molecule has 0 spiro atoms. The molecule has 0 radical (unpaired) electrons. The maximum atomic E-state index is 12.1. The topological polar surface area (TPSA) is 29.1 Å². The number of hydrogen-bond donors (Lipinski definition) is 1. The number of alkyl halides is 1. The van der Waals surface area contributed by atoms with Gasteiger partial charge in [0.25, 0.3) is 5.91 Å². The SMILES string of the molecule is Cc1cc(Cl)cc(C(=O)Nc2ccc(CCCl)cc2)c1. The van der Waals surface area contributed by atoms with Crippen LogP contribution in [0.15, 0.2) is 42.5 Å². The van der Waals surface area contributed by atoms with E-state index in [4.69, 9.17) is 23.2 Å². The standard InChI is InChI=1S/C16H15Cl2NO/c1-11-8-13(10-14(18)9-11)16(20)19-15-4-2-12(3-5-15)6-7-17/h2-5,8-10H,6-7H2,1H3,(H,19,20). The molecular formula is C16H15Cl2NO. The van der Waals surface area contributed by atoms with Crippen LogP contribution in [-0.4, -0.2) is 11.8 Å². The van der Waals surface area contributed by atoms with Crippen LogP contribution in [0, 0.1) is 6.92 Å². The fraction of sp³-hybridized carbons (Fsp3) is 0.188. The molecule has 2 nitrogen and oxygen atoms in total. The van der Waals surface area contributed by atoms with E-state index in [-0.39, 0.29) is 5.91 Å². The van der Waals surface area contributed by atoms with Crippen LogP contribution in [0.5, 0.6) is 0 Å². The lowest BCUT2D eigenvalue weighted by Gasteiger charge is -2.07. The van der Waals surface area contributed by atoms with Gasteiger partial charge in [0, 0.05) is 22.2 Å². The third-order valence-corrected chi connectivity index (χ3v) is 3.31. The molecule has 0 heterocycles. The molecule has 0 aliphatic carbocycles. The molecule has 2 rings (SSSR count). The Bertz CT molecular complexity index is 588. The summed E-state index contributed by atoms with van der Waals surface area (Å²) >= 11 is 11.6. The number of aryl methyl sites for hydroxylation is 2. The molecule has 0 atom stereocenters. The van der Waals surface area contributed by atoms with Gasteiger partial charge in [0.15, 0.2) is 0 Å². The second-order valence-corrected chi connectivity index (χ2v) is 5.42. The van der Waals surface area contributed by atoms with Gasteiger partial charge in [-0.15, -0.1) is 11.6 Å². The number of anilines is 1. The Hall–Kier alpha value is -1.51. The van der Waals surface area contributed by atoms with Gasteiger partial charge >= 0.3 is 0 Å². The number of nitrogens with one attached hydrogen (secondary N) is 1. The molecule has 1 amide bonds. The van der Waals surface area contributed by atoms with Crippen molar-refractivity contribution in [3.63, 3.8) is 0 Å². The van der Waals surface area contributed by atoms with Crippen molar-refractivity contribution in [2.24, 2.45) is 0 Å². The molecule has 0 aliphatic heterocycles. The number of benzene rings is 2. The average molecular weight is 308 g/mol. The van der Waals surface area contributed by atoms with Crippen LogP contribution in [-0.2, 0) is 6.42 Å². The molecule has 0 bridgehead atoms. The lowest BCUT2D eigenvalue weighted by Crippen LogP contribution is -2.12. The first kappa shape index (κ1) is 14.9. The number of rotatable bonds is 4. The van der Waals surface area contributed by atoms with E-state index in [1.807, 2.05) is 43.3 Å². The normalized spacial score (nSPS) is 10.3. The summed E-state index contributed by atoms with van der Waals surface area (Å²) in [6.07, 6.45) is 0.823. The Labute approximate surface area is 128 Å². The molecule has 0 saturated carbocycles. The van der Waals surface area contributed by atoms with Gasteiger partial charge in [-0.3, -0.25) is 4.79 Å². The predicted molar refractivity (Wildman–Crippen MR) is 85.0 cm³/mol. The second-order valence-electron chi connectivity index (χ2n) is 4.61. The Balaban J connectivity index is 2.10. The van der Waals surface area contributed by atoms with Crippen molar-refractivity contribution in [2.45, 2.75) is 13.3 Å². The van der Waals surface area contributed by atoms with Gasteiger partial charge in [0.2, 0.25) is 0 Å². The highest BCUT2D eigenvalue weighted by atomic mass is 35.5. The number of amides is 1. The van der Waals surface area contributed by atoms with Crippen LogP contribution in [0.2, 0.25) is 5.02 Å². The van der Waals surface area contributed by atoms with Gasteiger partial charge < -0.3 is 5.32 Å². The van der Waals surface area contributed by atoms with E-state index in [1.165, 1.54) is 0 Å². The van der Waals surface area contributed by atoms with Crippen LogP contribution < -0.4 is 5.32 Å². The van der Waals surface area contributed by atoms with Crippen molar-refractivity contribution in [1.82, 2.24) is 0 Å². The number of halogens is 2. The first-order chi connectivity index (χ1) is 9.58. The average Bonchev–Trinajstić information content (AvgIpc) is 2.40. The summed E-state index contributed by atoms with van der Waals surface area (Å²) in [6, 6.07) is 12.9. The summed E-state index contributed by atoms with van der Waals surface area (Å²) in [5.74, 6) is 0.425.